The first kappa shape index (κ1) is 24.6. The van der Waals surface area contributed by atoms with E-state index >= 15 is 0 Å². The third-order valence-corrected chi connectivity index (χ3v) is 7.15. The van der Waals surface area contributed by atoms with Crippen LogP contribution >= 0.6 is 35.1 Å². The minimum absolute atomic E-state index is 0.0523. The van der Waals surface area contributed by atoms with E-state index in [0.717, 1.165) is 0 Å². The molecule has 0 spiro atoms. The number of nitrogens with zero attached hydrogens (tertiary/aromatic N) is 2. The number of alkyl halides is 3. The minimum atomic E-state index is -4.60. The maximum absolute atomic E-state index is 14.3. The van der Waals surface area contributed by atoms with Gasteiger partial charge >= 0.3 is 6.18 Å². The van der Waals surface area contributed by atoms with Crippen molar-refractivity contribution in [2.75, 3.05) is 0 Å². The summed E-state index contributed by atoms with van der Waals surface area (Å²) in [6.07, 6.45) is -3.35. The lowest BCUT2D eigenvalue weighted by atomic mass is 9.89. The Morgan fingerprint density at radius 2 is 1.85 bits per heavy atom. The van der Waals surface area contributed by atoms with Crippen molar-refractivity contribution in [2.45, 2.75) is 30.8 Å². The van der Waals surface area contributed by atoms with Crippen molar-refractivity contribution < 1.29 is 18.0 Å². The van der Waals surface area contributed by atoms with Gasteiger partial charge in [0.15, 0.2) is 4.75 Å². The van der Waals surface area contributed by atoms with Gasteiger partial charge in [-0.1, -0.05) is 35.3 Å². The third kappa shape index (κ3) is 4.94. The highest BCUT2D eigenvalue weighted by Gasteiger charge is 2.60. The van der Waals surface area contributed by atoms with Gasteiger partial charge in [0.1, 0.15) is 0 Å². The highest BCUT2D eigenvalue weighted by molar-refractivity contribution is 7.99. The van der Waals surface area contributed by atoms with Crippen LogP contribution in [-0.2, 0) is 11.3 Å². The molecule has 1 aliphatic heterocycles. The average Bonchev–Trinajstić information content (AvgIpc) is 3.25. The first-order chi connectivity index (χ1) is 16.1. The average molecular weight is 524 g/mol. The van der Waals surface area contributed by atoms with Crippen molar-refractivity contribution in [3.05, 3.63) is 98.8 Å². The largest absolute Gasteiger partial charge is 0.409 e. The molecule has 4 nitrogen and oxygen atoms in total. The van der Waals surface area contributed by atoms with E-state index < -0.39 is 10.9 Å². The molecule has 0 saturated carbocycles. The quantitative estimate of drug-likeness (QED) is 0.369. The van der Waals surface area contributed by atoms with Crippen LogP contribution in [0.5, 0.6) is 0 Å². The highest BCUT2D eigenvalue weighted by atomic mass is 35.5. The maximum Gasteiger partial charge on any atom is 0.409 e. The van der Waals surface area contributed by atoms with E-state index in [1.165, 1.54) is 18.2 Å². The number of rotatable bonds is 5. The van der Waals surface area contributed by atoms with Crippen LogP contribution in [0.1, 0.15) is 39.2 Å². The van der Waals surface area contributed by atoms with Crippen molar-refractivity contribution in [3.63, 3.8) is 0 Å². The van der Waals surface area contributed by atoms with Gasteiger partial charge in [-0.2, -0.15) is 13.2 Å². The summed E-state index contributed by atoms with van der Waals surface area (Å²) < 4.78 is 44.7. The second-order valence-corrected chi connectivity index (χ2v) is 9.76. The van der Waals surface area contributed by atoms with Crippen molar-refractivity contribution in [1.29, 1.82) is 0 Å². The molecule has 1 unspecified atom stereocenters. The molecular weight excluding hydrogens is 506 g/mol. The fourth-order valence-corrected chi connectivity index (χ4v) is 5.20. The molecule has 0 radical (unpaired) electrons. The van der Waals surface area contributed by atoms with Gasteiger partial charge in [-0.3, -0.25) is 9.78 Å². The molecule has 1 aliphatic rings. The number of nitrogens with one attached hydrogen (secondary N) is 1. The maximum atomic E-state index is 14.3. The van der Waals surface area contributed by atoms with Crippen LogP contribution in [0.25, 0.3) is 0 Å². The Hall–Kier alpha value is -2.55. The summed E-state index contributed by atoms with van der Waals surface area (Å²) >= 11 is 12.4. The zero-order chi connectivity index (χ0) is 24.5. The first-order valence-electron chi connectivity index (χ1n) is 10.2. The second kappa shape index (κ2) is 9.60. The van der Waals surface area contributed by atoms with Gasteiger partial charge in [0.25, 0.3) is 5.91 Å². The van der Waals surface area contributed by atoms with Crippen molar-refractivity contribution in [3.8, 4) is 0 Å². The molecule has 2 aromatic carbocycles. The normalized spacial score (nSPS) is 18.0. The molecule has 34 heavy (non-hydrogen) atoms. The van der Waals surface area contributed by atoms with Crippen LogP contribution in [-0.4, -0.2) is 22.8 Å². The molecule has 1 atom stereocenters. The van der Waals surface area contributed by atoms with E-state index in [4.69, 9.17) is 23.2 Å². The molecule has 0 fully saturated rings. The standard InChI is InChI=1S/C24H18Cl2F3N3OS/c1-14-8-15(5-6-20(14)22(33)31-13-19-4-2-3-7-30-19)21-12-23(34-32-21,24(27,28)29)16-9-17(25)11-18(26)10-16/h2-11H,12-13H2,1H3,(H,31,33). The SMILES string of the molecule is Cc1cc(C2=NSC(c3cc(Cl)cc(Cl)c3)(C(F)(F)F)C2)ccc1C(=O)NCc1ccccn1. The summed E-state index contributed by atoms with van der Waals surface area (Å²) in [5.74, 6) is -0.296. The summed E-state index contributed by atoms with van der Waals surface area (Å²) in [5, 5.41) is 3.05. The highest BCUT2D eigenvalue weighted by Crippen LogP contribution is 2.57. The zero-order valence-electron chi connectivity index (χ0n) is 17.8. The number of aryl methyl sites for hydroxylation is 1. The molecule has 0 saturated heterocycles. The van der Waals surface area contributed by atoms with E-state index in [0.29, 0.717) is 34.3 Å². The first-order valence-corrected chi connectivity index (χ1v) is 11.7. The molecule has 176 valence electrons. The van der Waals surface area contributed by atoms with Crippen molar-refractivity contribution >= 4 is 46.8 Å². The van der Waals surface area contributed by atoms with Crippen molar-refractivity contribution in [2.24, 2.45) is 4.40 Å². The van der Waals surface area contributed by atoms with Crippen LogP contribution in [0.4, 0.5) is 13.2 Å². The number of halogens is 5. The molecular formula is C24H18Cl2F3N3OS. The van der Waals surface area contributed by atoms with Crippen molar-refractivity contribution in [1.82, 2.24) is 10.3 Å². The van der Waals surface area contributed by atoms with Gasteiger partial charge in [0, 0.05) is 28.2 Å². The Labute approximate surface area is 208 Å². The van der Waals surface area contributed by atoms with E-state index in [2.05, 4.69) is 14.7 Å². The monoisotopic (exact) mass is 523 g/mol. The Balaban J connectivity index is 1.56. The lowest BCUT2D eigenvalue weighted by Gasteiger charge is -2.30. The smallest absolute Gasteiger partial charge is 0.346 e. The number of amides is 1. The number of pyridine rings is 1. The molecule has 4 rings (SSSR count). The summed E-state index contributed by atoms with van der Waals surface area (Å²) in [4.78, 5) is 16.8. The number of carbonyl (C=O) groups is 1. The van der Waals surface area contributed by atoms with Crippen LogP contribution in [0.15, 0.2) is 65.2 Å². The molecule has 0 aliphatic carbocycles. The van der Waals surface area contributed by atoms with Crippen LogP contribution < -0.4 is 5.32 Å². The Morgan fingerprint density at radius 3 is 2.47 bits per heavy atom. The molecule has 1 aromatic heterocycles. The minimum Gasteiger partial charge on any atom is -0.346 e. The number of aromatic nitrogens is 1. The summed E-state index contributed by atoms with van der Waals surface area (Å²) in [6, 6.07) is 14.2. The van der Waals surface area contributed by atoms with Gasteiger partial charge in [-0.25, -0.2) is 4.40 Å². The van der Waals surface area contributed by atoms with Crippen LogP contribution in [0.2, 0.25) is 10.0 Å². The van der Waals surface area contributed by atoms with Gasteiger partial charge < -0.3 is 5.32 Å². The second-order valence-electron chi connectivity index (χ2n) is 7.82. The summed E-state index contributed by atoms with van der Waals surface area (Å²) in [5.41, 5.74) is 2.51. The molecule has 1 amide bonds. The van der Waals surface area contributed by atoms with Gasteiger partial charge in [-0.05, 0) is 78.0 Å². The van der Waals surface area contributed by atoms with Gasteiger partial charge in [0.05, 0.1) is 18.0 Å². The lowest BCUT2D eigenvalue weighted by Crippen LogP contribution is -2.38. The molecule has 2 heterocycles. The third-order valence-electron chi connectivity index (χ3n) is 5.48. The van der Waals surface area contributed by atoms with Crippen LogP contribution in [0, 0.1) is 6.92 Å². The predicted octanol–water partition coefficient (Wildman–Crippen LogP) is 6.93. The molecule has 0 bridgehead atoms. The number of benzene rings is 2. The number of hydrogen-bond acceptors (Lipinski definition) is 4. The predicted molar refractivity (Wildman–Crippen MR) is 130 cm³/mol. The van der Waals surface area contributed by atoms with Crippen LogP contribution in [0.3, 0.4) is 0 Å². The molecule has 3 aromatic rings. The number of carbonyl (C=O) groups excluding carboxylic acids is 1. The zero-order valence-corrected chi connectivity index (χ0v) is 20.1. The summed E-state index contributed by atoms with van der Waals surface area (Å²) in [6.45, 7) is 2.00. The van der Waals surface area contributed by atoms with E-state index in [1.807, 2.05) is 6.07 Å². The van der Waals surface area contributed by atoms with E-state index in [-0.39, 0.29) is 40.2 Å². The fraction of sp³-hybridized carbons (Fsp3) is 0.208. The molecule has 1 N–H and O–H groups in total. The van der Waals surface area contributed by atoms with Gasteiger partial charge in [0.2, 0.25) is 0 Å². The fourth-order valence-electron chi connectivity index (χ4n) is 3.71. The number of hydrogen-bond donors (Lipinski definition) is 1. The van der Waals surface area contributed by atoms with Gasteiger partial charge in [-0.15, -0.1) is 0 Å². The molecule has 10 heteroatoms. The lowest BCUT2D eigenvalue weighted by molar-refractivity contribution is -0.159. The Morgan fingerprint density at radius 1 is 1.12 bits per heavy atom. The Kier molecular flexibility index (Phi) is 6.94. The summed E-state index contributed by atoms with van der Waals surface area (Å²) in [7, 11) is 0. The van der Waals surface area contributed by atoms with E-state index in [9.17, 15) is 18.0 Å². The topological polar surface area (TPSA) is 54.4 Å². The Bertz CT molecular complexity index is 1250. The van der Waals surface area contributed by atoms with E-state index in [1.54, 1.807) is 43.5 Å².